The van der Waals surface area contributed by atoms with Gasteiger partial charge in [-0.05, 0) is 40.3 Å². The Morgan fingerprint density at radius 1 is 1.24 bits per heavy atom. The molecule has 0 atom stereocenters. The van der Waals surface area contributed by atoms with Gasteiger partial charge in [0.05, 0.1) is 16.4 Å². The van der Waals surface area contributed by atoms with Gasteiger partial charge in [-0.2, -0.15) is 0 Å². The van der Waals surface area contributed by atoms with Crippen molar-refractivity contribution >= 4 is 34.2 Å². The second-order valence-electron chi connectivity index (χ2n) is 5.87. The minimum atomic E-state index is -0.0633. The van der Waals surface area contributed by atoms with E-state index in [4.69, 9.17) is 21.3 Å². The molecule has 0 saturated heterocycles. The highest BCUT2D eigenvalue weighted by Crippen LogP contribution is 2.29. The van der Waals surface area contributed by atoms with E-state index in [1.165, 1.54) is 0 Å². The van der Waals surface area contributed by atoms with Crippen molar-refractivity contribution in [2.24, 2.45) is 0 Å². The van der Waals surface area contributed by atoms with Crippen LogP contribution >= 0.6 is 34.2 Å². The lowest BCUT2D eigenvalue weighted by molar-refractivity contribution is 0.414. The van der Waals surface area contributed by atoms with E-state index in [0.717, 1.165) is 26.4 Å². The van der Waals surface area contributed by atoms with Gasteiger partial charge in [0.15, 0.2) is 0 Å². The topological polar surface area (TPSA) is 35.0 Å². The van der Waals surface area contributed by atoms with Crippen LogP contribution in [0.5, 0.6) is 5.75 Å². The first-order valence-electron chi connectivity index (χ1n) is 6.66. The molecule has 5 heteroatoms. The highest BCUT2D eigenvalue weighted by atomic mass is 127. The quantitative estimate of drug-likeness (QED) is 0.540. The number of ether oxygens (including phenoxy) is 1. The van der Waals surface area contributed by atoms with Crippen LogP contribution in [0, 0.1) is 3.57 Å². The first-order chi connectivity index (χ1) is 9.81. The fourth-order valence-corrected chi connectivity index (χ4v) is 3.24. The van der Waals surface area contributed by atoms with Gasteiger partial charge in [-0.15, -0.1) is 0 Å². The summed E-state index contributed by atoms with van der Waals surface area (Å²) >= 11 is 8.48. The summed E-state index contributed by atoms with van der Waals surface area (Å²) in [6.07, 6.45) is 0.636. The van der Waals surface area contributed by atoms with Crippen molar-refractivity contribution in [2.75, 3.05) is 7.11 Å². The van der Waals surface area contributed by atoms with Crippen molar-refractivity contribution in [1.82, 2.24) is 9.97 Å². The van der Waals surface area contributed by atoms with Crippen molar-refractivity contribution in [3.8, 4) is 5.75 Å². The van der Waals surface area contributed by atoms with E-state index < -0.39 is 0 Å². The molecule has 0 N–H and O–H groups in total. The van der Waals surface area contributed by atoms with Gasteiger partial charge in [-0.1, -0.05) is 44.5 Å². The summed E-state index contributed by atoms with van der Waals surface area (Å²) in [7, 11) is 1.66. The standard InChI is InChI=1S/C16H18ClIN2O/c1-16(2,3)14-13(18)15(17)20-12(19-14)9-10-6-5-7-11(8-10)21-4/h5-8H,9H2,1-4H3. The zero-order valence-electron chi connectivity index (χ0n) is 12.6. The van der Waals surface area contributed by atoms with Crippen LogP contribution in [-0.4, -0.2) is 17.1 Å². The van der Waals surface area contributed by atoms with Gasteiger partial charge in [-0.3, -0.25) is 0 Å². The predicted molar refractivity (Wildman–Crippen MR) is 94.3 cm³/mol. The number of rotatable bonds is 3. The van der Waals surface area contributed by atoms with Gasteiger partial charge >= 0.3 is 0 Å². The Hall–Kier alpha value is -0.880. The molecule has 2 rings (SSSR count). The average Bonchev–Trinajstić information content (AvgIpc) is 2.41. The molecule has 0 unspecified atom stereocenters. The van der Waals surface area contributed by atoms with Crippen molar-refractivity contribution in [1.29, 1.82) is 0 Å². The van der Waals surface area contributed by atoms with Gasteiger partial charge in [0.1, 0.15) is 16.7 Å². The Morgan fingerprint density at radius 2 is 1.95 bits per heavy atom. The minimum absolute atomic E-state index is 0.0633. The van der Waals surface area contributed by atoms with Crippen LogP contribution in [0.25, 0.3) is 0 Å². The van der Waals surface area contributed by atoms with Crippen LogP contribution in [0.4, 0.5) is 0 Å². The third-order valence-corrected chi connectivity index (χ3v) is 4.68. The van der Waals surface area contributed by atoms with E-state index in [1.807, 2.05) is 24.3 Å². The number of benzene rings is 1. The maximum absolute atomic E-state index is 6.27. The lowest BCUT2D eigenvalue weighted by Gasteiger charge is -2.20. The van der Waals surface area contributed by atoms with Gasteiger partial charge in [0.2, 0.25) is 0 Å². The first-order valence-corrected chi connectivity index (χ1v) is 8.12. The molecule has 0 amide bonds. The van der Waals surface area contributed by atoms with Crippen LogP contribution in [-0.2, 0) is 11.8 Å². The molecular weight excluding hydrogens is 399 g/mol. The Balaban J connectivity index is 2.38. The molecule has 112 valence electrons. The SMILES string of the molecule is COc1cccc(Cc2nc(Cl)c(I)c(C(C)(C)C)n2)c1. The molecule has 2 aromatic rings. The van der Waals surface area contributed by atoms with Crippen molar-refractivity contribution in [3.63, 3.8) is 0 Å². The fraction of sp³-hybridized carbons (Fsp3) is 0.375. The molecule has 0 aliphatic rings. The molecule has 0 aliphatic carbocycles. The molecule has 3 nitrogen and oxygen atoms in total. The summed E-state index contributed by atoms with van der Waals surface area (Å²) in [6.45, 7) is 6.38. The Morgan fingerprint density at radius 3 is 2.57 bits per heavy atom. The normalized spacial score (nSPS) is 11.5. The Labute approximate surface area is 144 Å². The van der Waals surface area contributed by atoms with Crippen LogP contribution in [0.3, 0.4) is 0 Å². The van der Waals surface area contributed by atoms with E-state index in [2.05, 4.69) is 48.3 Å². The van der Waals surface area contributed by atoms with Crippen LogP contribution in [0.15, 0.2) is 24.3 Å². The van der Waals surface area contributed by atoms with Crippen LogP contribution in [0.1, 0.15) is 37.9 Å². The Kier molecular flexibility index (Phi) is 5.09. The minimum Gasteiger partial charge on any atom is -0.497 e. The molecule has 1 heterocycles. The maximum atomic E-state index is 6.27. The number of halogens is 2. The second kappa shape index (κ2) is 6.48. The summed E-state index contributed by atoms with van der Waals surface area (Å²) in [5, 5.41) is 0.522. The molecule has 0 saturated carbocycles. The molecule has 21 heavy (non-hydrogen) atoms. The smallest absolute Gasteiger partial charge is 0.146 e. The average molecular weight is 417 g/mol. The zero-order valence-corrected chi connectivity index (χ0v) is 15.5. The van der Waals surface area contributed by atoms with Gasteiger partial charge in [0, 0.05) is 11.8 Å². The third kappa shape index (κ3) is 4.07. The lowest BCUT2D eigenvalue weighted by Crippen LogP contribution is -2.18. The molecule has 1 aromatic heterocycles. The van der Waals surface area contributed by atoms with E-state index in [1.54, 1.807) is 7.11 Å². The largest absolute Gasteiger partial charge is 0.497 e. The van der Waals surface area contributed by atoms with Gasteiger partial charge in [0.25, 0.3) is 0 Å². The molecule has 0 aliphatic heterocycles. The van der Waals surface area contributed by atoms with Crippen molar-refractivity contribution in [3.05, 3.63) is 50.1 Å². The lowest BCUT2D eigenvalue weighted by atomic mass is 9.92. The fourth-order valence-electron chi connectivity index (χ4n) is 2.00. The molecule has 0 fully saturated rings. The van der Waals surface area contributed by atoms with Crippen molar-refractivity contribution < 1.29 is 4.74 Å². The van der Waals surface area contributed by atoms with Crippen LogP contribution in [0.2, 0.25) is 5.15 Å². The summed E-state index contributed by atoms with van der Waals surface area (Å²) in [5.41, 5.74) is 2.03. The predicted octanol–water partition coefficient (Wildman–Crippen LogP) is 4.63. The van der Waals surface area contributed by atoms with E-state index in [-0.39, 0.29) is 5.41 Å². The summed E-state index contributed by atoms with van der Waals surface area (Å²) in [4.78, 5) is 9.11. The zero-order chi connectivity index (χ0) is 15.6. The van der Waals surface area contributed by atoms with Gasteiger partial charge < -0.3 is 4.74 Å². The molecule has 0 radical (unpaired) electrons. The summed E-state index contributed by atoms with van der Waals surface area (Å²) in [6, 6.07) is 7.92. The maximum Gasteiger partial charge on any atom is 0.146 e. The molecule has 0 spiro atoms. The molecular formula is C16H18ClIN2O. The number of hydrogen-bond acceptors (Lipinski definition) is 3. The summed E-state index contributed by atoms with van der Waals surface area (Å²) < 4.78 is 6.17. The highest BCUT2D eigenvalue weighted by molar-refractivity contribution is 14.1. The van der Waals surface area contributed by atoms with E-state index in [9.17, 15) is 0 Å². The van der Waals surface area contributed by atoms with Crippen molar-refractivity contribution in [2.45, 2.75) is 32.6 Å². The number of aromatic nitrogens is 2. The van der Waals surface area contributed by atoms with Gasteiger partial charge in [-0.25, -0.2) is 9.97 Å². The molecule has 0 bridgehead atoms. The number of hydrogen-bond donors (Lipinski definition) is 0. The van der Waals surface area contributed by atoms with E-state index in [0.29, 0.717) is 11.6 Å². The monoisotopic (exact) mass is 416 g/mol. The number of nitrogens with zero attached hydrogens (tertiary/aromatic N) is 2. The third-order valence-electron chi connectivity index (χ3n) is 3.06. The summed E-state index contributed by atoms with van der Waals surface area (Å²) in [5.74, 6) is 1.57. The first kappa shape index (κ1) is 16.5. The molecule has 1 aromatic carbocycles. The Bertz CT molecular complexity index is 653. The number of methoxy groups -OCH3 is 1. The highest BCUT2D eigenvalue weighted by Gasteiger charge is 2.22. The second-order valence-corrected chi connectivity index (χ2v) is 7.31. The van der Waals surface area contributed by atoms with E-state index >= 15 is 0 Å². The van der Waals surface area contributed by atoms with Crippen LogP contribution < -0.4 is 4.74 Å².